The standard InChI is InChI=1S/C15H20N2O2S/c1-19-13-9-5-7-11-14(13)16-15(20)17(11)10-6-3-2-4-8-12(10)18/h5,7,9-10,12,18H,2-4,6,8H2,1H3,(H,16,20). The molecule has 1 aromatic carbocycles. The first kappa shape index (κ1) is 13.6. The van der Waals surface area contributed by atoms with Crippen LogP contribution in [0.1, 0.15) is 38.1 Å². The quantitative estimate of drug-likeness (QED) is 0.657. The highest BCUT2D eigenvalue weighted by Crippen LogP contribution is 2.33. The van der Waals surface area contributed by atoms with Gasteiger partial charge in [0.15, 0.2) is 4.77 Å². The molecule has 2 atom stereocenters. The van der Waals surface area contributed by atoms with Crippen molar-refractivity contribution in [3.05, 3.63) is 23.0 Å². The molecule has 2 N–H and O–H groups in total. The van der Waals surface area contributed by atoms with Crippen molar-refractivity contribution in [3.8, 4) is 5.75 Å². The number of hydrogen-bond acceptors (Lipinski definition) is 3. The highest BCUT2D eigenvalue weighted by atomic mass is 32.1. The van der Waals surface area contributed by atoms with Gasteiger partial charge in [-0.3, -0.25) is 0 Å². The maximum Gasteiger partial charge on any atom is 0.178 e. The molecule has 3 rings (SSSR count). The Balaban J connectivity index is 2.15. The van der Waals surface area contributed by atoms with Gasteiger partial charge in [0, 0.05) is 0 Å². The Hall–Kier alpha value is -1.33. The van der Waals surface area contributed by atoms with Gasteiger partial charge in [-0.15, -0.1) is 0 Å². The van der Waals surface area contributed by atoms with Crippen LogP contribution in [0, 0.1) is 4.77 Å². The van der Waals surface area contributed by atoms with Gasteiger partial charge in [0.1, 0.15) is 11.3 Å². The third kappa shape index (κ3) is 2.25. The van der Waals surface area contributed by atoms with Gasteiger partial charge in [-0.25, -0.2) is 0 Å². The van der Waals surface area contributed by atoms with Crippen molar-refractivity contribution >= 4 is 23.3 Å². The predicted molar refractivity (Wildman–Crippen MR) is 81.8 cm³/mol. The smallest absolute Gasteiger partial charge is 0.178 e. The minimum absolute atomic E-state index is 0.0610. The van der Waals surface area contributed by atoms with Crippen molar-refractivity contribution in [2.75, 3.05) is 7.11 Å². The van der Waals surface area contributed by atoms with Crippen LogP contribution in [0.15, 0.2) is 18.2 Å². The Morgan fingerprint density at radius 3 is 2.90 bits per heavy atom. The van der Waals surface area contributed by atoms with Crippen molar-refractivity contribution < 1.29 is 9.84 Å². The summed E-state index contributed by atoms with van der Waals surface area (Å²) < 4.78 is 8.12. The fraction of sp³-hybridized carbons (Fsp3) is 0.533. The number of aliphatic hydroxyl groups excluding tert-OH is 1. The molecule has 0 radical (unpaired) electrons. The Morgan fingerprint density at radius 2 is 2.10 bits per heavy atom. The number of benzene rings is 1. The number of aliphatic hydroxyl groups is 1. The van der Waals surface area contributed by atoms with E-state index >= 15 is 0 Å². The molecular formula is C15H20N2O2S. The molecule has 0 bridgehead atoms. The average molecular weight is 292 g/mol. The van der Waals surface area contributed by atoms with E-state index in [1.165, 1.54) is 6.42 Å². The number of para-hydroxylation sites is 1. The van der Waals surface area contributed by atoms with Crippen LogP contribution in [0.25, 0.3) is 11.0 Å². The number of methoxy groups -OCH3 is 1. The monoisotopic (exact) mass is 292 g/mol. The van der Waals surface area contributed by atoms with Gasteiger partial charge >= 0.3 is 0 Å². The second kappa shape index (κ2) is 5.58. The lowest BCUT2D eigenvalue weighted by molar-refractivity contribution is 0.107. The zero-order valence-corrected chi connectivity index (χ0v) is 12.4. The van der Waals surface area contributed by atoms with Crippen LogP contribution in [0.3, 0.4) is 0 Å². The van der Waals surface area contributed by atoms with E-state index in [9.17, 15) is 5.11 Å². The summed E-state index contributed by atoms with van der Waals surface area (Å²) in [5.74, 6) is 0.787. The number of imidazole rings is 1. The van der Waals surface area contributed by atoms with Crippen molar-refractivity contribution in [1.82, 2.24) is 9.55 Å². The summed E-state index contributed by atoms with van der Waals surface area (Å²) in [6, 6.07) is 5.97. The molecule has 0 aliphatic heterocycles. The second-order valence-corrected chi connectivity index (χ2v) is 5.81. The van der Waals surface area contributed by atoms with Crippen LogP contribution in [0.5, 0.6) is 5.75 Å². The molecule has 1 fully saturated rings. The normalized spacial score (nSPS) is 23.7. The number of hydrogen-bond donors (Lipinski definition) is 2. The summed E-state index contributed by atoms with van der Waals surface area (Å²) in [5.41, 5.74) is 1.93. The molecule has 2 unspecified atom stereocenters. The van der Waals surface area contributed by atoms with E-state index in [0.717, 1.165) is 42.5 Å². The highest BCUT2D eigenvalue weighted by molar-refractivity contribution is 7.71. The minimum Gasteiger partial charge on any atom is -0.494 e. The van der Waals surface area contributed by atoms with Crippen molar-refractivity contribution in [2.24, 2.45) is 0 Å². The summed E-state index contributed by atoms with van der Waals surface area (Å²) in [7, 11) is 1.66. The Morgan fingerprint density at radius 1 is 1.30 bits per heavy atom. The van der Waals surface area contributed by atoms with Crippen LogP contribution in [0.2, 0.25) is 0 Å². The van der Waals surface area contributed by atoms with Crippen molar-refractivity contribution in [1.29, 1.82) is 0 Å². The fourth-order valence-electron chi connectivity index (χ4n) is 3.19. The molecule has 1 saturated carbocycles. The SMILES string of the molecule is COc1cccc2c1[nH]c(=S)n2C1CCCCCC1O. The number of aromatic amines is 1. The maximum absolute atomic E-state index is 10.4. The molecule has 4 nitrogen and oxygen atoms in total. The molecule has 5 heteroatoms. The molecule has 2 aromatic rings. The lowest BCUT2D eigenvalue weighted by atomic mass is 10.1. The first-order valence-corrected chi connectivity index (χ1v) is 7.58. The van der Waals surface area contributed by atoms with Gasteiger partial charge in [-0.2, -0.15) is 0 Å². The lowest BCUT2D eigenvalue weighted by Crippen LogP contribution is -2.23. The second-order valence-electron chi connectivity index (χ2n) is 5.43. The van der Waals surface area contributed by atoms with Gasteiger partial charge in [0.05, 0.1) is 24.8 Å². The fourth-order valence-corrected chi connectivity index (χ4v) is 3.53. The Labute approximate surface area is 123 Å². The number of ether oxygens (including phenoxy) is 1. The lowest BCUT2D eigenvalue weighted by Gasteiger charge is -2.22. The molecule has 1 aliphatic carbocycles. The van der Waals surface area contributed by atoms with E-state index in [4.69, 9.17) is 17.0 Å². The number of fused-ring (bicyclic) bond motifs is 1. The Bertz CT molecular complexity index is 661. The van der Waals surface area contributed by atoms with Crippen molar-refractivity contribution in [3.63, 3.8) is 0 Å². The first-order chi connectivity index (χ1) is 9.72. The van der Waals surface area contributed by atoms with Gasteiger partial charge in [-0.1, -0.05) is 25.3 Å². The van der Waals surface area contributed by atoms with Crippen LogP contribution in [0.4, 0.5) is 0 Å². The number of nitrogens with zero attached hydrogens (tertiary/aromatic N) is 1. The minimum atomic E-state index is -0.325. The van der Waals surface area contributed by atoms with E-state index in [1.807, 2.05) is 18.2 Å². The van der Waals surface area contributed by atoms with E-state index in [-0.39, 0.29) is 12.1 Å². The third-order valence-corrected chi connectivity index (χ3v) is 4.51. The number of H-pyrrole nitrogens is 1. The predicted octanol–water partition coefficient (Wildman–Crippen LogP) is 3.57. The number of nitrogens with one attached hydrogen (secondary N) is 1. The van der Waals surface area contributed by atoms with Crippen LogP contribution >= 0.6 is 12.2 Å². The van der Waals surface area contributed by atoms with Crippen LogP contribution in [-0.2, 0) is 0 Å². The Kier molecular flexibility index (Phi) is 3.81. The maximum atomic E-state index is 10.4. The molecule has 1 heterocycles. The third-order valence-electron chi connectivity index (χ3n) is 4.21. The summed E-state index contributed by atoms with van der Waals surface area (Å²) >= 11 is 5.48. The molecule has 1 aliphatic rings. The van der Waals surface area contributed by atoms with Gasteiger partial charge in [-0.05, 0) is 37.2 Å². The summed E-state index contributed by atoms with van der Waals surface area (Å²) in [6.07, 6.45) is 4.92. The molecular weight excluding hydrogens is 272 g/mol. The zero-order valence-electron chi connectivity index (χ0n) is 11.6. The molecule has 1 aromatic heterocycles. The van der Waals surface area contributed by atoms with Gasteiger partial charge in [0.2, 0.25) is 0 Å². The topological polar surface area (TPSA) is 50.2 Å². The van der Waals surface area contributed by atoms with Crippen LogP contribution < -0.4 is 4.74 Å². The van der Waals surface area contributed by atoms with E-state index < -0.39 is 0 Å². The van der Waals surface area contributed by atoms with E-state index in [0.29, 0.717) is 4.77 Å². The first-order valence-electron chi connectivity index (χ1n) is 7.17. The van der Waals surface area contributed by atoms with E-state index in [2.05, 4.69) is 9.55 Å². The summed E-state index contributed by atoms with van der Waals surface area (Å²) in [5, 5.41) is 10.4. The van der Waals surface area contributed by atoms with Crippen molar-refractivity contribution in [2.45, 2.75) is 44.2 Å². The average Bonchev–Trinajstić information content (AvgIpc) is 2.63. The molecule has 20 heavy (non-hydrogen) atoms. The summed E-state index contributed by atoms with van der Waals surface area (Å²) in [4.78, 5) is 3.23. The summed E-state index contributed by atoms with van der Waals surface area (Å²) in [6.45, 7) is 0. The number of rotatable bonds is 2. The molecule has 0 saturated heterocycles. The largest absolute Gasteiger partial charge is 0.494 e. The number of aromatic nitrogens is 2. The zero-order chi connectivity index (χ0) is 14.1. The molecule has 108 valence electrons. The molecule has 0 spiro atoms. The van der Waals surface area contributed by atoms with E-state index in [1.54, 1.807) is 7.11 Å². The van der Waals surface area contributed by atoms with Gasteiger partial charge in [0.25, 0.3) is 0 Å². The molecule has 0 amide bonds. The highest BCUT2D eigenvalue weighted by Gasteiger charge is 2.25. The van der Waals surface area contributed by atoms with Gasteiger partial charge < -0.3 is 19.4 Å². The van der Waals surface area contributed by atoms with Crippen LogP contribution in [-0.4, -0.2) is 27.9 Å².